The van der Waals surface area contributed by atoms with Gasteiger partial charge in [-0.15, -0.1) is 0 Å². The smallest absolute Gasteiger partial charge is 0.257 e. The third kappa shape index (κ3) is 4.30. The van der Waals surface area contributed by atoms with Crippen molar-refractivity contribution < 1.29 is 9.32 Å². The summed E-state index contributed by atoms with van der Waals surface area (Å²) in [6.07, 6.45) is 5.43. The minimum absolute atomic E-state index is 0.00181. The summed E-state index contributed by atoms with van der Waals surface area (Å²) in [5.41, 5.74) is 3.10. The highest BCUT2D eigenvalue weighted by atomic mass is 35.5. The van der Waals surface area contributed by atoms with Crippen LogP contribution >= 0.6 is 11.6 Å². The predicted octanol–water partition coefficient (Wildman–Crippen LogP) is 5.83. The number of fused-ring (bicyclic) bond motifs is 1. The number of nitrogens with zero attached hydrogens (tertiary/aromatic N) is 3. The quantitative estimate of drug-likeness (QED) is 0.543. The molecule has 2 aromatic heterocycles. The Balaban J connectivity index is 1.66. The van der Waals surface area contributed by atoms with Crippen LogP contribution in [0.4, 0.5) is 0 Å². The Morgan fingerprint density at radius 1 is 1.24 bits per heavy atom. The van der Waals surface area contributed by atoms with E-state index in [4.69, 9.17) is 16.1 Å². The van der Waals surface area contributed by atoms with Gasteiger partial charge < -0.3 is 9.42 Å². The molecule has 152 valence electrons. The van der Waals surface area contributed by atoms with E-state index in [0.29, 0.717) is 16.3 Å². The van der Waals surface area contributed by atoms with Crippen molar-refractivity contribution in [2.24, 2.45) is 5.41 Å². The number of benzene rings is 1. The van der Waals surface area contributed by atoms with Crippen molar-refractivity contribution in [1.29, 1.82) is 0 Å². The van der Waals surface area contributed by atoms with Crippen LogP contribution in [-0.2, 0) is 6.42 Å². The van der Waals surface area contributed by atoms with Gasteiger partial charge in [0.15, 0.2) is 0 Å². The lowest BCUT2D eigenvalue weighted by Crippen LogP contribution is -2.38. The zero-order valence-electron chi connectivity index (χ0n) is 17.1. The number of halogens is 1. The fourth-order valence-electron chi connectivity index (χ4n) is 4.00. The van der Waals surface area contributed by atoms with Crippen LogP contribution in [0.3, 0.4) is 0 Å². The largest absolute Gasteiger partial charge is 0.336 e. The lowest BCUT2D eigenvalue weighted by molar-refractivity contribution is 0.0611. The maximum absolute atomic E-state index is 13.4. The molecule has 5 nitrogen and oxygen atoms in total. The molecule has 0 spiro atoms. The molecule has 0 N–H and O–H groups in total. The van der Waals surface area contributed by atoms with Gasteiger partial charge in [-0.3, -0.25) is 4.79 Å². The van der Waals surface area contributed by atoms with Gasteiger partial charge in [-0.05, 0) is 54.9 Å². The Bertz CT molecular complexity index is 1020. The lowest BCUT2D eigenvalue weighted by Gasteiger charge is -2.36. The number of hydrogen-bond acceptors (Lipinski definition) is 4. The van der Waals surface area contributed by atoms with E-state index >= 15 is 0 Å². The molecule has 1 fully saturated rings. The van der Waals surface area contributed by atoms with Crippen LogP contribution in [0.5, 0.6) is 0 Å². The standard InChI is InChI=1S/C23H26ClN3O2/c1-23(2,3)13-19-18-12-16(14-25-21(18)29-26-19)22(28)27-11-5-4-6-20(27)15-7-9-17(24)10-8-15/h7-10,12,14,20H,4-6,11,13H2,1-3H3. The summed E-state index contributed by atoms with van der Waals surface area (Å²) in [4.78, 5) is 19.7. The van der Waals surface area contributed by atoms with Crippen LogP contribution in [0.1, 0.15) is 67.7 Å². The van der Waals surface area contributed by atoms with E-state index in [9.17, 15) is 4.79 Å². The summed E-state index contributed by atoms with van der Waals surface area (Å²) < 4.78 is 5.38. The van der Waals surface area contributed by atoms with Gasteiger partial charge in [-0.2, -0.15) is 0 Å². The van der Waals surface area contributed by atoms with Gasteiger partial charge >= 0.3 is 0 Å². The Kier molecular flexibility index (Phi) is 5.34. The van der Waals surface area contributed by atoms with Crippen molar-refractivity contribution in [2.75, 3.05) is 6.54 Å². The molecule has 4 rings (SSSR count). The molecule has 0 aliphatic carbocycles. The van der Waals surface area contributed by atoms with Gasteiger partial charge in [-0.1, -0.05) is 49.7 Å². The Morgan fingerprint density at radius 3 is 2.72 bits per heavy atom. The van der Waals surface area contributed by atoms with E-state index in [1.165, 1.54) is 0 Å². The summed E-state index contributed by atoms with van der Waals surface area (Å²) >= 11 is 6.05. The van der Waals surface area contributed by atoms with Gasteiger partial charge in [-0.25, -0.2) is 4.98 Å². The number of pyridine rings is 1. The molecule has 0 radical (unpaired) electrons. The van der Waals surface area contributed by atoms with E-state index in [2.05, 4.69) is 30.9 Å². The fourth-order valence-corrected chi connectivity index (χ4v) is 4.12. The summed E-state index contributed by atoms with van der Waals surface area (Å²) in [5, 5.41) is 5.72. The molecule has 29 heavy (non-hydrogen) atoms. The van der Waals surface area contributed by atoms with Gasteiger partial charge in [0.1, 0.15) is 0 Å². The molecule has 1 atom stereocenters. The third-order valence-electron chi connectivity index (χ3n) is 5.37. The minimum atomic E-state index is 0.00181. The number of piperidine rings is 1. The first-order valence-electron chi connectivity index (χ1n) is 10.1. The molecule has 1 aromatic carbocycles. The number of rotatable bonds is 3. The number of carbonyl (C=O) groups is 1. The molecular weight excluding hydrogens is 386 g/mol. The van der Waals surface area contributed by atoms with E-state index < -0.39 is 0 Å². The summed E-state index contributed by atoms with van der Waals surface area (Å²) in [5.74, 6) is 0.00181. The first kappa shape index (κ1) is 19.9. The van der Waals surface area contributed by atoms with Crippen LogP contribution in [-0.4, -0.2) is 27.5 Å². The second kappa shape index (κ2) is 7.79. The van der Waals surface area contributed by atoms with Gasteiger partial charge in [0, 0.05) is 17.8 Å². The minimum Gasteiger partial charge on any atom is -0.336 e. The normalized spacial score (nSPS) is 17.7. The lowest BCUT2D eigenvalue weighted by atomic mass is 9.89. The van der Waals surface area contributed by atoms with Crippen molar-refractivity contribution in [3.63, 3.8) is 0 Å². The molecule has 1 aliphatic rings. The van der Waals surface area contributed by atoms with Crippen LogP contribution in [0, 0.1) is 5.41 Å². The predicted molar refractivity (Wildman–Crippen MR) is 114 cm³/mol. The van der Waals surface area contributed by atoms with Crippen LogP contribution < -0.4 is 0 Å². The molecule has 6 heteroatoms. The monoisotopic (exact) mass is 411 g/mol. The van der Waals surface area contributed by atoms with E-state index in [-0.39, 0.29) is 17.4 Å². The average Bonchev–Trinajstić information content (AvgIpc) is 3.08. The molecule has 0 saturated carbocycles. The van der Waals surface area contributed by atoms with Crippen LogP contribution in [0.15, 0.2) is 41.1 Å². The van der Waals surface area contributed by atoms with Crippen molar-refractivity contribution in [1.82, 2.24) is 15.0 Å². The van der Waals surface area contributed by atoms with E-state index in [1.807, 2.05) is 35.2 Å². The summed E-state index contributed by atoms with van der Waals surface area (Å²) in [7, 11) is 0. The second-order valence-corrected chi connectivity index (χ2v) is 9.44. The highest BCUT2D eigenvalue weighted by molar-refractivity contribution is 6.30. The number of hydrogen-bond donors (Lipinski definition) is 0. The third-order valence-corrected chi connectivity index (χ3v) is 5.62. The number of carbonyl (C=O) groups excluding carboxylic acids is 1. The Morgan fingerprint density at radius 2 is 2.00 bits per heavy atom. The van der Waals surface area contributed by atoms with Gasteiger partial charge in [0.2, 0.25) is 0 Å². The topological polar surface area (TPSA) is 59.2 Å². The fraction of sp³-hybridized carbons (Fsp3) is 0.435. The number of aromatic nitrogens is 2. The second-order valence-electron chi connectivity index (χ2n) is 9.01. The maximum atomic E-state index is 13.4. The van der Waals surface area contributed by atoms with Crippen molar-refractivity contribution in [3.05, 3.63) is 58.4 Å². The average molecular weight is 412 g/mol. The molecule has 1 saturated heterocycles. The van der Waals surface area contributed by atoms with Gasteiger partial charge in [0.05, 0.1) is 22.7 Å². The molecule has 1 amide bonds. The Hall–Kier alpha value is -2.40. The van der Waals surface area contributed by atoms with Gasteiger partial charge in [0.25, 0.3) is 11.6 Å². The molecule has 3 aromatic rings. The van der Waals surface area contributed by atoms with E-state index in [1.54, 1.807) is 6.20 Å². The zero-order chi connectivity index (χ0) is 20.6. The molecule has 1 unspecified atom stereocenters. The summed E-state index contributed by atoms with van der Waals surface area (Å²) in [6, 6.07) is 9.74. The number of amides is 1. The Labute approximate surface area is 176 Å². The highest BCUT2D eigenvalue weighted by Gasteiger charge is 2.29. The van der Waals surface area contributed by atoms with Crippen LogP contribution in [0.25, 0.3) is 11.1 Å². The maximum Gasteiger partial charge on any atom is 0.257 e. The SMILES string of the molecule is CC(C)(C)Cc1noc2ncc(C(=O)N3CCCCC3c3ccc(Cl)cc3)cc12. The zero-order valence-corrected chi connectivity index (χ0v) is 17.9. The van der Waals surface area contributed by atoms with Crippen molar-refractivity contribution in [2.45, 2.75) is 52.5 Å². The molecular formula is C23H26ClN3O2. The number of likely N-dealkylation sites (tertiary alicyclic amines) is 1. The molecule has 0 bridgehead atoms. The van der Waals surface area contributed by atoms with Crippen LogP contribution in [0.2, 0.25) is 5.02 Å². The van der Waals surface area contributed by atoms with Crippen molar-refractivity contribution in [3.8, 4) is 0 Å². The molecule has 3 heterocycles. The first-order valence-corrected chi connectivity index (χ1v) is 10.5. The highest BCUT2D eigenvalue weighted by Crippen LogP contribution is 2.33. The first-order chi connectivity index (χ1) is 13.8. The van der Waals surface area contributed by atoms with Crippen molar-refractivity contribution >= 4 is 28.6 Å². The van der Waals surface area contributed by atoms with E-state index in [0.717, 1.165) is 48.9 Å². The molecule has 1 aliphatic heterocycles. The summed E-state index contributed by atoms with van der Waals surface area (Å²) in [6.45, 7) is 7.20.